The summed E-state index contributed by atoms with van der Waals surface area (Å²) in [5.41, 5.74) is 5.31. The zero-order valence-corrected chi connectivity index (χ0v) is 16.4. The Morgan fingerprint density at radius 3 is 2.54 bits per heavy atom. The summed E-state index contributed by atoms with van der Waals surface area (Å²) in [6.07, 6.45) is 2.20. The molecule has 0 saturated carbocycles. The normalized spacial score (nSPS) is 15.7. The molecule has 2 aromatic carbocycles. The van der Waals surface area contributed by atoms with E-state index in [4.69, 9.17) is 9.47 Å². The molecule has 1 N–H and O–H groups in total. The molecular weight excluding hydrogens is 354 g/mol. The molecule has 4 rings (SSSR count). The molecule has 3 aromatic rings. The van der Waals surface area contributed by atoms with E-state index >= 15 is 0 Å². The standard InChI is InChI=1S/C22H23N3O3/c1-13-5-7-16(9-14(13)2)25-22-18(12-23-25)17(11-21(26)24-22)15-6-8-19(27-3)20(10-15)28-4/h5-10,12,17H,11H2,1-4H3,(H,24,26). The van der Waals surface area contributed by atoms with Gasteiger partial charge >= 0.3 is 0 Å². The molecule has 1 atom stereocenters. The van der Waals surface area contributed by atoms with E-state index in [1.165, 1.54) is 11.1 Å². The van der Waals surface area contributed by atoms with Crippen molar-refractivity contribution in [2.45, 2.75) is 26.2 Å². The Hall–Kier alpha value is -3.28. The summed E-state index contributed by atoms with van der Waals surface area (Å²) < 4.78 is 12.6. The third-order valence-electron chi connectivity index (χ3n) is 5.37. The first-order chi connectivity index (χ1) is 13.5. The topological polar surface area (TPSA) is 65.4 Å². The summed E-state index contributed by atoms with van der Waals surface area (Å²) in [7, 11) is 3.22. The van der Waals surface area contributed by atoms with Crippen LogP contribution in [0.5, 0.6) is 11.5 Å². The number of methoxy groups -OCH3 is 2. The van der Waals surface area contributed by atoms with Gasteiger partial charge in [0.1, 0.15) is 5.82 Å². The van der Waals surface area contributed by atoms with Gasteiger partial charge in [-0.2, -0.15) is 5.10 Å². The molecule has 6 nitrogen and oxygen atoms in total. The number of hydrogen-bond donors (Lipinski definition) is 1. The van der Waals surface area contributed by atoms with Gasteiger partial charge in [0.25, 0.3) is 0 Å². The van der Waals surface area contributed by atoms with Crippen molar-refractivity contribution in [3.8, 4) is 17.2 Å². The van der Waals surface area contributed by atoms with Crippen molar-refractivity contribution in [3.63, 3.8) is 0 Å². The highest BCUT2D eigenvalue weighted by molar-refractivity contribution is 5.94. The fourth-order valence-corrected chi connectivity index (χ4v) is 3.64. The minimum absolute atomic E-state index is 0.0298. The van der Waals surface area contributed by atoms with Crippen molar-refractivity contribution < 1.29 is 14.3 Å². The second-order valence-corrected chi connectivity index (χ2v) is 7.05. The van der Waals surface area contributed by atoms with E-state index in [9.17, 15) is 4.79 Å². The Labute approximate surface area is 164 Å². The molecule has 1 unspecified atom stereocenters. The SMILES string of the molecule is COc1ccc(C2CC(=O)Nc3c2cnn3-c2ccc(C)c(C)c2)cc1OC. The van der Waals surface area contributed by atoms with Crippen LogP contribution >= 0.6 is 0 Å². The molecule has 0 radical (unpaired) electrons. The number of hydrogen-bond acceptors (Lipinski definition) is 4. The minimum Gasteiger partial charge on any atom is -0.493 e. The van der Waals surface area contributed by atoms with Gasteiger partial charge in [-0.1, -0.05) is 12.1 Å². The van der Waals surface area contributed by atoms with E-state index < -0.39 is 0 Å². The molecule has 0 spiro atoms. The van der Waals surface area contributed by atoms with Gasteiger partial charge in [0.15, 0.2) is 11.5 Å². The van der Waals surface area contributed by atoms with E-state index in [1.54, 1.807) is 18.9 Å². The molecule has 0 aliphatic carbocycles. The summed E-state index contributed by atoms with van der Waals surface area (Å²) in [5.74, 6) is 1.91. The largest absolute Gasteiger partial charge is 0.493 e. The molecule has 144 valence electrons. The lowest BCUT2D eigenvalue weighted by Gasteiger charge is -2.24. The van der Waals surface area contributed by atoms with Crippen LogP contribution < -0.4 is 14.8 Å². The van der Waals surface area contributed by atoms with Gasteiger partial charge < -0.3 is 14.8 Å². The predicted octanol–water partition coefficient (Wildman–Crippen LogP) is 3.98. The molecule has 1 aliphatic rings. The molecule has 0 saturated heterocycles. The van der Waals surface area contributed by atoms with Gasteiger partial charge in [-0.05, 0) is 54.8 Å². The number of benzene rings is 2. The zero-order valence-electron chi connectivity index (χ0n) is 16.4. The average Bonchev–Trinajstić information content (AvgIpc) is 3.12. The fraction of sp³-hybridized carbons (Fsp3) is 0.273. The number of ether oxygens (including phenoxy) is 2. The quantitative estimate of drug-likeness (QED) is 0.747. The summed E-state index contributed by atoms with van der Waals surface area (Å²) in [5, 5.41) is 7.57. The number of aryl methyl sites for hydroxylation is 2. The first-order valence-corrected chi connectivity index (χ1v) is 9.19. The van der Waals surface area contributed by atoms with Crippen LogP contribution in [0.4, 0.5) is 5.82 Å². The van der Waals surface area contributed by atoms with Crippen LogP contribution in [0.3, 0.4) is 0 Å². The van der Waals surface area contributed by atoms with Crippen molar-refractivity contribution in [2.24, 2.45) is 0 Å². The van der Waals surface area contributed by atoms with E-state index in [0.717, 1.165) is 22.6 Å². The highest BCUT2D eigenvalue weighted by Crippen LogP contribution is 2.40. The number of nitrogens with one attached hydrogen (secondary N) is 1. The lowest BCUT2D eigenvalue weighted by molar-refractivity contribution is -0.116. The van der Waals surface area contributed by atoms with Crippen LogP contribution in [0.25, 0.3) is 5.69 Å². The van der Waals surface area contributed by atoms with Crippen LogP contribution in [0.1, 0.15) is 34.6 Å². The van der Waals surface area contributed by atoms with Gasteiger partial charge in [0.2, 0.25) is 5.91 Å². The van der Waals surface area contributed by atoms with E-state index in [2.05, 4.69) is 36.4 Å². The van der Waals surface area contributed by atoms with Crippen molar-refractivity contribution >= 4 is 11.7 Å². The molecule has 0 fully saturated rings. The van der Waals surface area contributed by atoms with E-state index in [0.29, 0.717) is 17.9 Å². The van der Waals surface area contributed by atoms with Crippen LogP contribution in [0, 0.1) is 13.8 Å². The monoisotopic (exact) mass is 377 g/mol. The first kappa shape index (κ1) is 18.1. The number of carbonyl (C=O) groups is 1. The van der Waals surface area contributed by atoms with Crippen molar-refractivity contribution in [3.05, 3.63) is 64.8 Å². The number of rotatable bonds is 4. The van der Waals surface area contributed by atoms with E-state index in [-0.39, 0.29) is 11.8 Å². The molecule has 1 aromatic heterocycles. The number of anilines is 1. The van der Waals surface area contributed by atoms with Gasteiger partial charge in [0.05, 0.1) is 26.1 Å². The smallest absolute Gasteiger partial charge is 0.226 e. The zero-order chi connectivity index (χ0) is 19.8. The summed E-state index contributed by atoms with van der Waals surface area (Å²) in [4.78, 5) is 12.5. The number of aromatic nitrogens is 2. The maximum Gasteiger partial charge on any atom is 0.226 e. The predicted molar refractivity (Wildman–Crippen MR) is 108 cm³/mol. The second-order valence-electron chi connectivity index (χ2n) is 7.05. The van der Waals surface area contributed by atoms with Crippen molar-refractivity contribution in [1.82, 2.24) is 9.78 Å². The lowest BCUT2D eigenvalue weighted by Crippen LogP contribution is -2.24. The molecule has 6 heteroatoms. The third kappa shape index (κ3) is 3.01. The van der Waals surface area contributed by atoms with Crippen LogP contribution in [-0.4, -0.2) is 29.9 Å². The Kier molecular flexibility index (Phi) is 4.55. The van der Waals surface area contributed by atoms with Crippen LogP contribution in [0.15, 0.2) is 42.6 Å². The maximum atomic E-state index is 12.5. The molecule has 1 amide bonds. The Morgan fingerprint density at radius 2 is 1.82 bits per heavy atom. The maximum absolute atomic E-state index is 12.5. The lowest BCUT2D eigenvalue weighted by atomic mass is 9.87. The molecule has 2 heterocycles. The second kappa shape index (κ2) is 7.03. The van der Waals surface area contributed by atoms with Crippen molar-refractivity contribution in [2.75, 3.05) is 19.5 Å². The summed E-state index contributed by atoms with van der Waals surface area (Å²) in [6, 6.07) is 11.9. The Morgan fingerprint density at radius 1 is 1.04 bits per heavy atom. The first-order valence-electron chi connectivity index (χ1n) is 9.19. The Balaban J connectivity index is 1.79. The Bertz CT molecular complexity index is 1060. The van der Waals surface area contributed by atoms with Crippen molar-refractivity contribution in [1.29, 1.82) is 0 Å². The number of fused-ring (bicyclic) bond motifs is 1. The number of nitrogens with zero attached hydrogens (tertiary/aromatic N) is 2. The highest BCUT2D eigenvalue weighted by Gasteiger charge is 2.31. The molecular formula is C22H23N3O3. The van der Waals surface area contributed by atoms with E-state index in [1.807, 2.05) is 30.5 Å². The van der Waals surface area contributed by atoms with Gasteiger partial charge in [-0.15, -0.1) is 0 Å². The molecule has 0 bridgehead atoms. The van der Waals surface area contributed by atoms with Gasteiger partial charge in [0, 0.05) is 17.9 Å². The van der Waals surface area contributed by atoms with Gasteiger partial charge in [-0.25, -0.2) is 4.68 Å². The van der Waals surface area contributed by atoms with Gasteiger partial charge in [-0.3, -0.25) is 4.79 Å². The fourth-order valence-electron chi connectivity index (χ4n) is 3.64. The summed E-state index contributed by atoms with van der Waals surface area (Å²) >= 11 is 0. The average molecular weight is 377 g/mol. The number of carbonyl (C=O) groups excluding carboxylic acids is 1. The number of amides is 1. The van der Waals surface area contributed by atoms with Crippen LogP contribution in [0.2, 0.25) is 0 Å². The minimum atomic E-state index is -0.0937. The summed E-state index contributed by atoms with van der Waals surface area (Å²) in [6.45, 7) is 4.15. The third-order valence-corrected chi connectivity index (χ3v) is 5.37. The molecule has 1 aliphatic heterocycles. The highest BCUT2D eigenvalue weighted by atomic mass is 16.5. The molecule has 28 heavy (non-hydrogen) atoms. The van der Waals surface area contributed by atoms with Crippen LogP contribution in [-0.2, 0) is 4.79 Å².